The third-order valence-corrected chi connectivity index (χ3v) is 4.23. The molecule has 2 aromatic carbocycles. The lowest BCUT2D eigenvalue weighted by Gasteiger charge is -2.21. The van der Waals surface area contributed by atoms with Crippen molar-refractivity contribution in [1.82, 2.24) is 10.2 Å². The van der Waals surface area contributed by atoms with Gasteiger partial charge >= 0.3 is 18.0 Å². The molecule has 0 fully saturated rings. The van der Waals surface area contributed by atoms with Crippen LogP contribution in [0.15, 0.2) is 48.5 Å². The number of methoxy groups -OCH3 is 1. The fourth-order valence-electron chi connectivity index (χ4n) is 2.40. The molecular weight excluding hydrogens is 426 g/mol. The molecule has 2 amide bonds. The highest BCUT2D eigenvalue weighted by molar-refractivity contribution is 6.30. The first-order chi connectivity index (χ1) is 14.6. The second-order valence-electron chi connectivity index (χ2n) is 6.63. The molecule has 0 aromatic heterocycles. The second-order valence-corrected chi connectivity index (χ2v) is 7.07. The SMILES string of the molecule is COc1ccc(NC(=O)NC(CCN(C)C)c2ccc(Cl)cc2)cc1.O=C(O)C(=O)O. The number of aliphatic carboxylic acids is 2. The molecule has 0 aliphatic rings. The Kier molecular flexibility index (Phi) is 10.9. The molecule has 0 saturated carbocycles. The normalized spacial score (nSPS) is 11.0. The average molecular weight is 452 g/mol. The summed E-state index contributed by atoms with van der Waals surface area (Å²) in [5.41, 5.74) is 1.73. The van der Waals surface area contributed by atoms with Crippen LogP contribution in [-0.4, -0.2) is 60.8 Å². The Bertz CT molecular complexity index is 844. The number of carboxylic acids is 2. The zero-order valence-electron chi connectivity index (χ0n) is 17.5. The van der Waals surface area contributed by atoms with E-state index < -0.39 is 11.9 Å². The maximum absolute atomic E-state index is 12.4. The van der Waals surface area contributed by atoms with Crippen molar-refractivity contribution in [2.45, 2.75) is 12.5 Å². The number of ether oxygens (including phenoxy) is 1. The number of urea groups is 1. The molecule has 0 saturated heterocycles. The average Bonchev–Trinajstić information content (AvgIpc) is 2.72. The molecule has 0 aliphatic carbocycles. The van der Waals surface area contributed by atoms with Crippen LogP contribution in [0.4, 0.5) is 10.5 Å². The van der Waals surface area contributed by atoms with Crippen LogP contribution in [0, 0.1) is 0 Å². The first-order valence-electron chi connectivity index (χ1n) is 9.20. The highest BCUT2D eigenvalue weighted by Gasteiger charge is 2.15. The van der Waals surface area contributed by atoms with E-state index in [0.29, 0.717) is 10.7 Å². The van der Waals surface area contributed by atoms with Gasteiger partial charge in [0, 0.05) is 10.7 Å². The molecule has 0 radical (unpaired) electrons. The van der Waals surface area contributed by atoms with E-state index in [1.54, 1.807) is 31.4 Å². The van der Waals surface area contributed by atoms with Gasteiger partial charge in [0.05, 0.1) is 13.2 Å². The molecule has 0 bridgehead atoms. The summed E-state index contributed by atoms with van der Waals surface area (Å²) in [4.78, 5) is 32.7. The predicted molar refractivity (Wildman–Crippen MR) is 118 cm³/mol. The van der Waals surface area contributed by atoms with Gasteiger partial charge in [-0.25, -0.2) is 14.4 Å². The molecule has 1 atom stereocenters. The summed E-state index contributed by atoms with van der Waals surface area (Å²) in [7, 11) is 5.63. The molecule has 2 rings (SSSR count). The van der Waals surface area contributed by atoms with Crippen LogP contribution in [0.25, 0.3) is 0 Å². The first kappa shape index (κ1) is 25.7. The first-order valence-corrected chi connectivity index (χ1v) is 9.58. The van der Waals surface area contributed by atoms with Crippen molar-refractivity contribution < 1.29 is 29.3 Å². The number of amides is 2. The Morgan fingerprint density at radius 2 is 1.55 bits per heavy atom. The topological polar surface area (TPSA) is 128 Å². The third kappa shape index (κ3) is 10.3. The smallest absolute Gasteiger partial charge is 0.414 e. The minimum atomic E-state index is -1.82. The van der Waals surface area contributed by atoms with Crippen LogP contribution in [0.5, 0.6) is 5.75 Å². The summed E-state index contributed by atoms with van der Waals surface area (Å²) in [6.07, 6.45) is 0.796. The Balaban J connectivity index is 0.000000703. The van der Waals surface area contributed by atoms with Crippen molar-refractivity contribution in [3.63, 3.8) is 0 Å². The Morgan fingerprint density at radius 3 is 2.00 bits per heavy atom. The zero-order chi connectivity index (χ0) is 23.4. The summed E-state index contributed by atoms with van der Waals surface area (Å²) in [5.74, 6) is -2.90. The largest absolute Gasteiger partial charge is 0.497 e. The van der Waals surface area contributed by atoms with Crippen molar-refractivity contribution in [3.05, 3.63) is 59.1 Å². The maximum Gasteiger partial charge on any atom is 0.414 e. The van der Waals surface area contributed by atoms with Crippen molar-refractivity contribution in [2.24, 2.45) is 0 Å². The van der Waals surface area contributed by atoms with Gasteiger partial charge in [-0.15, -0.1) is 0 Å². The van der Waals surface area contributed by atoms with Crippen molar-refractivity contribution in [2.75, 3.05) is 33.1 Å². The van der Waals surface area contributed by atoms with Gasteiger partial charge in [-0.1, -0.05) is 23.7 Å². The molecule has 0 heterocycles. The predicted octanol–water partition coefficient (Wildman–Crippen LogP) is 3.32. The number of carbonyl (C=O) groups is 3. The standard InChI is InChI=1S/C19H24ClN3O2.C2H2O4/c1-23(2)13-12-18(14-4-6-15(20)7-5-14)22-19(24)21-16-8-10-17(25-3)11-9-16;3-1(4)2(5)6/h4-11,18H,12-13H2,1-3H3,(H2,21,22,24);(H,3,4)(H,5,6). The number of nitrogens with zero attached hydrogens (tertiary/aromatic N) is 1. The minimum absolute atomic E-state index is 0.0992. The van der Waals surface area contributed by atoms with Crippen molar-refractivity contribution in [3.8, 4) is 5.75 Å². The number of benzene rings is 2. The van der Waals surface area contributed by atoms with E-state index in [-0.39, 0.29) is 12.1 Å². The highest BCUT2D eigenvalue weighted by atomic mass is 35.5. The van der Waals surface area contributed by atoms with Crippen LogP contribution in [0.3, 0.4) is 0 Å². The van der Waals surface area contributed by atoms with Gasteiger partial charge < -0.3 is 30.5 Å². The molecule has 10 heteroatoms. The highest BCUT2D eigenvalue weighted by Crippen LogP contribution is 2.20. The van der Waals surface area contributed by atoms with Gasteiger partial charge in [0.25, 0.3) is 0 Å². The van der Waals surface area contributed by atoms with E-state index in [1.807, 2.05) is 38.4 Å². The molecule has 0 spiro atoms. The lowest BCUT2D eigenvalue weighted by atomic mass is 10.0. The van der Waals surface area contributed by atoms with Crippen molar-refractivity contribution >= 4 is 35.3 Å². The molecule has 31 heavy (non-hydrogen) atoms. The number of halogens is 1. The number of hydrogen-bond acceptors (Lipinski definition) is 5. The lowest BCUT2D eigenvalue weighted by Crippen LogP contribution is -2.34. The maximum atomic E-state index is 12.4. The van der Waals surface area contributed by atoms with Crippen LogP contribution < -0.4 is 15.4 Å². The number of nitrogens with one attached hydrogen (secondary N) is 2. The Hall–Kier alpha value is -3.30. The van der Waals surface area contributed by atoms with E-state index in [2.05, 4.69) is 15.5 Å². The Morgan fingerprint density at radius 1 is 1.00 bits per heavy atom. The molecular formula is C21H26ClN3O6. The molecule has 4 N–H and O–H groups in total. The van der Waals surface area contributed by atoms with Gasteiger partial charge in [0.1, 0.15) is 5.75 Å². The van der Waals surface area contributed by atoms with Gasteiger partial charge in [-0.05, 0) is 69.0 Å². The quantitative estimate of drug-likeness (QED) is 0.475. The van der Waals surface area contributed by atoms with E-state index in [1.165, 1.54) is 0 Å². The van der Waals surface area contributed by atoms with Crippen molar-refractivity contribution in [1.29, 1.82) is 0 Å². The number of rotatable bonds is 7. The molecule has 9 nitrogen and oxygen atoms in total. The zero-order valence-corrected chi connectivity index (χ0v) is 18.2. The summed E-state index contributed by atoms with van der Waals surface area (Å²) in [5, 5.41) is 21.3. The monoisotopic (exact) mass is 451 g/mol. The second kappa shape index (κ2) is 13.1. The number of carbonyl (C=O) groups excluding carboxylic acids is 1. The molecule has 0 aliphatic heterocycles. The fraction of sp³-hybridized carbons (Fsp3) is 0.286. The number of anilines is 1. The molecule has 168 valence electrons. The molecule has 1 unspecified atom stereocenters. The van der Waals surface area contributed by atoms with E-state index in [0.717, 1.165) is 24.3 Å². The van der Waals surface area contributed by atoms with Crippen LogP contribution in [0.2, 0.25) is 5.02 Å². The Labute approximate surface area is 185 Å². The van der Waals surface area contributed by atoms with Gasteiger partial charge in [-0.2, -0.15) is 0 Å². The van der Waals surface area contributed by atoms with E-state index in [4.69, 9.17) is 36.1 Å². The van der Waals surface area contributed by atoms with Crippen LogP contribution in [0.1, 0.15) is 18.0 Å². The van der Waals surface area contributed by atoms with Gasteiger partial charge in [0.2, 0.25) is 0 Å². The van der Waals surface area contributed by atoms with Crippen LogP contribution >= 0.6 is 11.6 Å². The van der Waals surface area contributed by atoms with Crippen LogP contribution in [-0.2, 0) is 9.59 Å². The number of hydrogen-bond donors (Lipinski definition) is 4. The van der Waals surface area contributed by atoms with Gasteiger partial charge in [0.15, 0.2) is 0 Å². The van der Waals surface area contributed by atoms with E-state index >= 15 is 0 Å². The number of carboxylic acid groups (broad SMARTS) is 2. The van der Waals surface area contributed by atoms with E-state index in [9.17, 15) is 4.79 Å². The lowest BCUT2D eigenvalue weighted by molar-refractivity contribution is -0.159. The van der Waals surface area contributed by atoms with Gasteiger partial charge in [-0.3, -0.25) is 0 Å². The fourth-order valence-corrected chi connectivity index (χ4v) is 2.53. The summed E-state index contributed by atoms with van der Waals surface area (Å²) >= 11 is 5.96. The summed E-state index contributed by atoms with van der Waals surface area (Å²) in [6.45, 7) is 0.857. The molecule has 2 aromatic rings. The summed E-state index contributed by atoms with van der Waals surface area (Å²) < 4.78 is 5.12. The third-order valence-electron chi connectivity index (χ3n) is 3.97. The summed E-state index contributed by atoms with van der Waals surface area (Å²) in [6, 6.07) is 14.4. The minimum Gasteiger partial charge on any atom is -0.497 e.